The van der Waals surface area contributed by atoms with Crippen molar-refractivity contribution in [2.24, 2.45) is 5.92 Å². The summed E-state index contributed by atoms with van der Waals surface area (Å²) in [7, 11) is 3.13. The van der Waals surface area contributed by atoms with E-state index >= 15 is 0 Å². The van der Waals surface area contributed by atoms with Gasteiger partial charge in [0.1, 0.15) is 5.54 Å². The Labute approximate surface area is 110 Å². The summed E-state index contributed by atoms with van der Waals surface area (Å²) >= 11 is 0. The maximum atomic E-state index is 11.5. The van der Waals surface area contributed by atoms with Crippen molar-refractivity contribution < 1.29 is 19.0 Å². The molecule has 1 N–H and O–H groups in total. The zero-order valence-electron chi connectivity index (χ0n) is 12.2. The van der Waals surface area contributed by atoms with Crippen molar-refractivity contribution in [2.45, 2.75) is 32.7 Å². The third-order valence-electron chi connectivity index (χ3n) is 2.76. The molecule has 0 rings (SSSR count). The van der Waals surface area contributed by atoms with Crippen LogP contribution in [-0.2, 0) is 19.0 Å². The molecule has 0 aromatic heterocycles. The largest absolute Gasteiger partial charge is 0.468 e. The standard InChI is InChI=1S/C13H27NO4/c1-11(2)10-18-9-8-17-7-6-13(3,14-4)12(15)16-5/h11,14H,6-10H2,1-5H3. The summed E-state index contributed by atoms with van der Waals surface area (Å²) in [6, 6.07) is 0. The summed E-state index contributed by atoms with van der Waals surface area (Å²) in [6.07, 6.45) is 0.570. The molecule has 0 fully saturated rings. The number of nitrogens with one attached hydrogen (secondary N) is 1. The van der Waals surface area contributed by atoms with Crippen LogP contribution in [0.3, 0.4) is 0 Å². The first kappa shape index (κ1) is 17.4. The van der Waals surface area contributed by atoms with Crippen LogP contribution in [0, 0.1) is 5.92 Å². The molecule has 0 bridgehead atoms. The molecule has 0 aliphatic heterocycles. The van der Waals surface area contributed by atoms with Crippen molar-refractivity contribution >= 4 is 5.97 Å². The molecular formula is C13H27NO4. The van der Waals surface area contributed by atoms with E-state index in [4.69, 9.17) is 14.2 Å². The number of carbonyl (C=O) groups excluding carboxylic acids is 1. The smallest absolute Gasteiger partial charge is 0.325 e. The van der Waals surface area contributed by atoms with Crippen molar-refractivity contribution in [1.82, 2.24) is 5.32 Å². The first-order valence-electron chi connectivity index (χ1n) is 6.39. The topological polar surface area (TPSA) is 56.8 Å². The highest BCUT2D eigenvalue weighted by Gasteiger charge is 2.31. The second-order valence-electron chi connectivity index (χ2n) is 4.90. The van der Waals surface area contributed by atoms with Crippen LogP contribution in [0.25, 0.3) is 0 Å². The normalized spacial score (nSPS) is 14.6. The van der Waals surface area contributed by atoms with E-state index in [1.54, 1.807) is 14.0 Å². The van der Waals surface area contributed by atoms with E-state index < -0.39 is 5.54 Å². The molecule has 0 saturated heterocycles. The van der Waals surface area contributed by atoms with Gasteiger partial charge in [0.25, 0.3) is 0 Å². The van der Waals surface area contributed by atoms with Crippen LogP contribution in [-0.4, -0.2) is 52.1 Å². The van der Waals surface area contributed by atoms with E-state index in [0.29, 0.717) is 32.2 Å². The average Bonchev–Trinajstić information content (AvgIpc) is 2.35. The SMILES string of the molecule is CNC(C)(CCOCCOCC(C)C)C(=O)OC. The highest BCUT2D eigenvalue weighted by molar-refractivity contribution is 5.80. The van der Waals surface area contributed by atoms with Crippen molar-refractivity contribution in [2.75, 3.05) is 40.6 Å². The van der Waals surface area contributed by atoms with Gasteiger partial charge < -0.3 is 19.5 Å². The van der Waals surface area contributed by atoms with Gasteiger partial charge in [0, 0.05) is 13.2 Å². The van der Waals surface area contributed by atoms with Gasteiger partial charge in [-0.05, 0) is 26.3 Å². The molecule has 0 aromatic carbocycles. The summed E-state index contributed by atoms with van der Waals surface area (Å²) in [5, 5.41) is 2.96. The van der Waals surface area contributed by atoms with Crippen LogP contribution in [0.5, 0.6) is 0 Å². The Hall–Kier alpha value is -0.650. The highest BCUT2D eigenvalue weighted by Crippen LogP contribution is 2.11. The van der Waals surface area contributed by atoms with E-state index in [1.807, 2.05) is 0 Å². The minimum atomic E-state index is -0.687. The Bertz CT molecular complexity index is 233. The minimum absolute atomic E-state index is 0.273. The van der Waals surface area contributed by atoms with Gasteiger partial charge >= 0.3 is 5.97 Å². The van der Waals surface area contributed by atoms with E-state index in [1.165, 1.54) is 7.11 Å². The lowest BCUT2D eigenvalue weighted by atomic mass is 9.99. The minimum Gasteiger partial charge on any atom is -0.468 e. The zero-order valence-corrected chi connectivity index (χ0v) is 12.2. The number of rotatable bonds is 10. The quantitative estimate of drug-likeness (QED) is 0.473. The molecule has 5 heteroatoms. The van der Waals surface area contributed by atoms with Crippen LogP contribution in [0.2, 0.25) is 0 Å². The van der Waals surface area contributed by atoms with E-state index in [-0.39, 0.29) is 5.97 Å². The number of esters is 1. The fourth-order valence-electron chi connectivity index (χ4n) is 1.37. The van der Waals surface area contributed by atoms with Gasteiger partial charge in [-0.3, -0.25) is 4.79 Å². The van der Waals surface area contributed by atoms with E-state index in [2.05, 4.69) is 19.2 Å². The average molecular weight is 261 g/mol. The first-order chi connectivity index (χ1) is 8.46. The van der Waals surface area contributed by atoms with Gasteiger partial charge in [0.15, 0.2) is 0 Å². The monoisotopic (exact) mass is 261 g/mol. The summed E-state index contributed by atoms with van der Waals surface area (Å²) in [6.45, 7) is 8.40. The lowest BCUT2D eigenvalue weighted by Crippen LogP contribution is -2.49. The predicted molar refractivity (Wildman–Crippen MR) is 70.6 cm³/mol. The summed E-state index contributed by atoms with van der Waals surface area (Å²) in [5.74, 6) is 0.265. The number of hydrogen-bond donors (Lipinski definition) is 1. The number of ether oxygens (including phenoxy) is 3. The lowest BCUT2D eigenvalue weighted by molar-refractivity contribution is -0.148. The summed E-state index contributed by atoms with van der Waals surface area (Å²) in [4.78, 5) is 11.5. The summed E-state index contributed by atoms with van der Waals surface area (Å²) in [5.41, 5.74) is -0.687. The van der Waals surface area contributed by atoms with Crippen LogP contribution in [0.4, 0.5) is 0 Å². The maximum absolute atomic E-state index is 11.5. The summed E-state index contributed by atoms with van der Waals surface area (Å²) < 4.78 is 15.6. The van der Waals surface area contributed by atoms with Gasteiger partial charge in [0.2, 0.25) is 0 Å². The Morgan fingerprint density at radius 2 is 1.83 bits per heavy atom. The van der Waals surface area contributed by atoms with Gasteiger partial charge in [-0.1, -0.05) is 13.8 Å². The number of methoxy groups -OCH3 is 1. The molecule has 0 aliphatic carbocycles. The molecule has 0 saturated carbocycles. The Morgan fingerprint density at radius 1 is 1.22 bits per heavy atom. The van der Waals surface area contributed by atoms with Crippen LogP contribution >= 0.6 is 0 Å². The fraction of sp³-hybridized carbons (Fsp3) is 0.923. The molecule has 1 atom stereocenters. The Kier molecular flexibility index (Phi) is 8.97. The third kappa shape index (κ3) is 6.93. The van der Waals surface area contributed by atoms with Crippen molar-refractivity contribution in [3.05, 3.63) is 0 Å². The highest BCUT2D eigenvalue weighted by atomic mass is 16.5. The molecule has 5 nitrogen and oxygen atoms in total. The molecule has 1 unspecified atom stereocenters. The van der Waals surface area contributed by atoms with Gasteiger partial charge in [0.05, 0.1) is 20.3 Å². The number of likely N-dealkylation sites (N-methyl/N-ethyl adjacent to an activating group) is 1. The molecule has 0 radical (unpaired) electrons. The first-order valence-corrected chi connectivity index (χ1v) is 6.39. The van der Waals surface area contributed by atoms with Crippen molar-refractivity contribution in [3.63, 3.8) is 0 Å². The molecule has 0 amide bonds. The molecular weight excluding hydrogens is 234 g/mol. The van der Waals surface area contributed by atoms with E-state index in [0.717, 1.165) is 6.61 Å². The second kappa shape index (κ2) is 9.30. The molecule has 18 heavy (non-hydrogen) atoms. The molecule has 0 heterocycles. The van der Waals surface area contributed by atoms with Crippen LogP contribution < -0.4 is 5.32 Å². The van der Waals surface area contributed by atoms with Gasteiger partial charge in [-0.2, -0.15) is 0 Å². The predicted octanol–water partition coefficient (Wildman–Crippen LogP) is 1.22. The number of hydrogen-bond acceptors (Lipinski definition) is 5. The second-order valence-corrected chi connectivity index (χ2v) is 4.90. The van der Waals surface area contributed by atoms with Crippen LogP contribution in [0.1, 0.15) is 27.2 Å². The fourth-order valence-corrected chi connectivity index (χ4v) is 1.37. The van der Waals surface area contributed by atoms with E-state index in [9.17, 15) is 4.79 Å². The maximum Gasteiger partial charge on any atom is 0.325 e. The zero-order chi connectivity index (χ0) is 14.0. The van der Waals surface area contributed by atoms with Crippen molar-refractivity contribution in [3.8, 4) is 0 Å². The van der Waals surface area contributed by atoms with Gasteiger partial charge in [-0.15, -0.1) is 0 Å². The Morgan fingerprint density at radius 3 is 2.33 bits per heavy atom. The molecule has 0 spiro atoms. The van der Waals surface area contributed by atoms with Crippen molar-refractivity contribution in [1.29, 1.82) is 0 Å². The third-order valence-corrected chi connectivity index (χ3v) is 2.76. The Balaban J connectivity index is 3.66. The van der Waals surface area contributed by atoms with Gasteiger partial charge in [-0.25, -0.2) is 0 Å². The lowest BCUT2D eigenvalue weighted by Gasteiger charge is -2.25. The molecule has 0 aliphatic rings. The van der Waals surface area contributed by atoms with Crippen LogP contribution in [0.15, 0.2) is 0 Å². The molecule has 0 aromatic rings. The molecule has 108 valence electrons. The number of carbonyl (C=O) groups is 1.